The number of fused-ring (bicyclic) bond motifs is 1. The highest BCUT2D eigenvalue weighted by atomic mass is 32.2. The van der Waals surface area contributed by atoms with Gasteiger partial charge in [0.1, 0.15) is 0 Å². The summed E-state index contributed by atoms with van der Waals surface area (Å²) < 4.78 is 5.25. The highest BCUT2D eigenvalue weighted by molar-refractivity contribution is 8.00. The molecule has 0 saturated carbocycles. The molecule has 0 bridgehead atoms. The highest BCUT2D eigenvalue weighted by Crippen LogP contribution is 2.28. The third-order valence-corrected chi connectivity index (χ3v) is 4.98. The number of nitrogens with two attached hydrogens (primary N) is 1. The van der Waals surface area contributed by atoms with Crippen molar-refractivity contribution in [3.05, 3.63) is 54.0 Å². The van der Waals surface area contributed by atoms with Crippen molar-refractivity contribution in [2.45, 2.75) is 25.7 Å². The van der Waals surface area contributed by atoms with E-state index in [-0.39, 0.29) is 0 Å². The van der Waals surface area contributed by atoms with Crippen LogP contribution in [0.3, 0.4) is 0 Å². The zero-order chi connectivity index (χ0) is 18.7. The summed E-state index contributed by atoms with van der Waals surface area (Å²) in [6.45, 7) is 5.77. The molecule has 134 valence electrons. The number of nitrogens with zero attached hydrogens (tertiary/aromatic N) is 4. The molecule has 1 aromatic carbocycles. The Morgan fingerprint density at radius 2 is 1.96 bits per heavy atom. The SMILES string of the molecule is CC(=Nc1ccc(SNc2cccc3cnn(C)c23)cn1)/C(C)=C(/C)N. The standard InChI is InChI=1S/C19H22N6S/c1-12(13(2)20)14(3)23-18-9-8-16(11-21-18)26-24-17-7-5-6-15-10-22-25(4)19(15)17/h5-11,24H,20H2,1-4H3/b13-12-,23-14?. The summed E-state index contributed by atoms with van der Waals surface area (Å²) in [5, 5.41) is 5.41. The second-order valence-corrected chi connectivity index (χ2v) is 6.95. The molecule has 3 N–H and O–H groups in total. The molecule has 26 heavy (non-hydrogen) atoms. The van der Waals surface area contributed by atoms with Crippen molar-refractivity contribution in [3.63, 3.8) is 0 Å². The Morgan fingerprint density at radius 1 is 1.15 bits per heavy atom. The molecule has 0 aliphatic rings. The van der Waals surface area contributed by atoms with Crippen LogP contribution in [0.25, 0.3) is 10.9 Å². The van der Waals surface area contributed by atoms with Gasteiger partial charge in [0.05, 0.1) is 17.4 Å². The number of aromatic nitrogens is 3. The number of hydrogen-bond acceptors (Lipinski definition) is 6. The first-order chi connectivity index (χ1) is 12.5. The lowest BCUT2D eigenvalue weighted by molar-refractivity contribution is 0.798. The van der Waals surface area contributed by atoms with E-state index in [0.717, 1.165) is 38.5 Å². The first-order valence-electron chi connectivity index (χ1n) is 8.24. The number of pyridine rings is 1. The summed E-state index contributed by atoms with van der Waals surface area (Å²) in [4.78, 5) is 9.93. The van der Waals surface area contributed by atoms with Gasteiger partial charge < -0.3 is 10.5 Å². The first-order valence-corrected chi connectivity index (χ1v) is 9.05. The van der Waals surface area contributed by atoms with Gasteiger partial charge >= 0.3 is 0 Å². The van der Waals surface area contributed by atoms with Gasteiger partial charge in [0.2, 0.25) is 0 Å². The zero-order valence-electron chi connectivity index (χ0n) is 15.3. The molecule has 0 aliphatic heterocycles. The van der Waals surface area contributed by atoms with Gasteiger partial charge in [-0.3, -0.25) is 4.68 Å². The number of benzene rings is 1. The van der Waals surface area contributed by atoms with Crippen LogP contribution in [0.2, 0.25) is 0 Å². The second kappa shape index (κ2) is 7.61. The number of anilines is 1. The molecule has 0 amide bonds. The van der Waals surface area contributed by atoms with Crippen LogP contribution in [0.5, 0.6) is 0 Å². The fraction of sp³-hybridized carbons (Fsp3) is 0.211. The molecule has 3 rings (SSSR count). The van der Waals surface area contributed by atoms with Crippen molar-refractivity contribution in [2.75, 3.05) is 4.72 Å². The maximum absolute atomic E-state index is 5.81. The van der Waals surface area contributed by atoms with Crippen LogP contribution in [0.15, 0.2) is 63.9 Å². The lowest BCUT2D eigenvalue weighted by atomic mass is 10.1. The molecular weight excluding hydrogens is 344 g/mol. The van der Waals surface area contributed by atoms with Gasteiger partial charge in [0, 0.05) is 34.9 Å². The van der Waals surface area contributed by atoms with Gasteiger partial charge in [-0.1, -0.05) is 12.1 Å². The number of nitrogens with one attached hydrogen (secondary N) is 1. The van der Waals surface area contributed by atoms with Crippen LogP contribution in [0.4, 0.5) is 11.5 Å². The number of para-hydroxylation sites is 1. The van der Waals surface area contributed by atoms with Crippen molar-refractivity contribution in [1.82, 2.24) is 14.8 Å². The number of aryl methyl sites for hydroxylation is 1. The maximum Gasteiger partial charge on any atom is 0.152 e. The second-order valence-electron chi connectivity index (χ2n) is 6.07. The van der Waals surface area contributed by atoms with Crippen LogP contribution in [0, 0.1) is 0 Å². The zero-order valence-corrected chi connectivity index (χ0v) is 16.1. The Labute approximate surface area is 157 Å². The lowest BCUT2D eigenvalue weighted by Gasteiger charge is -2.08. The molecular formula is C19H22N6S. The number of rotatable bonds is 5. The van der Waals surface area contributed by atoms with Crippen molar-refractivity contribution in [3.8, 4) is 0 Å². The van der Waals surface area contributed by atoms with E-state index in [2.05, 4.69) is 19.8 Å². The molecule has 7 heteroatoms. The summed E-state index contributed by atoms with van der Waals surface area (Å²) in [5.74, 6) is 0.668. The van der Waals surface area contributed by atoms with Crippen LogP contribution in [0.1, 0.15) is 20.8 Å². The molecule has 0 saturated heterocycles. The lowest BCUT2D eigenvalue weighted by Crippen LogP contribution is -2.03. The monoisotopic (exact) mass is 366 g/mol. The van der Waals surface area contributed by atoms with E-state index in [4.69, 9.17) is 5.73 Å². The summed E-state index contributed by atoms with van der Waals surface area (Å²) >= 11 is 1.51. The molecule has 2 aromatic heterocycles. The predicted octanol–water partition coefficient (Wildman–Crippen LogP) is 4.43. The maximum atomic E-state index is 5.81. The Morgan fingerprint density at radius 3 is 2.65 bits per heavy atom. The fourth-order valence-electron chi connectivity index (χ4n) is 2.47. The van der Waals surface area contributed by atoms with Crippen LogP contribution >= 0.6 is 11.9 Å². The fourth-order valence-corrected chi connectivity index (χ4v) is 3.10. The molecule has 0 radical (unpaired) electrons. The van der Waals surface area contributed by atoms with E-state index < -0.39 is 0 Å². The minimum Gasteiger partial charge on any atom is -0.402 e. The van der Waals surface area contributed by atoms with Gasteiger partial charge in [0.25, 0.3) is 0 Å². The van der Waals surface area contributed by atoms with E-state index in [1.807, 2.05) is 75.2 Å². The van der Waals surface area contributed by atoms with Crippen LogP contribution in [-0.4, -0.2) is 20.5 Å². The van der Waals surface area contributed by atoms with Crippen LogP contribution < -0.4 is 10.5 Å². The first kappa shape index (κ1) is 18.0. The molecule has 2 heterocycles. The van der Waals surface area contributed by atoms with E-state index in [0.29, 0.717) is 5.82 Å². The van der Waals surface area contributed by atoms with Crippen molar-refractivity contribution in [1.29, 1.82) is 0 Å². The van der Waals surface area contributed by atoms with E-state index in [9.17, 15) is 0 Å². The molecule has 0 fully saturated rings. The molecule has 0 aliphatic carbocycles. The molecule has 0 spiro atoms. The highest BCUT2D eigenvalue weighted by Gasteiger charge is 2.06. The average Bonchev–Trinajstić information content (AvgIpc) is 3.02. The number of hydrogen-bond donors (Lipinski definition) is 2. The summed E-state index contributed by atoms with van der Waals surface area (Å²) in [5.41, 5.74) is 10.5. The Balaban J connectivity index is 1.73. The predicted molar refractivity (Wildman–Crippen MR) is 110 cm³/mol. The van der Waals surface area contributed by atoms with Gasteiger partial charge in [-0.2, -0.15) is 5.10 Å². The molecule has 0 atom stereocenters. The summed E-state index contributed by atoms with van der Waals surface area (Å²) in [6, 6.07) is 10.00. The Kier molecular flexibility index (Phi) is 5.27. The largest absolute Gasteiger partial charge is 0.402 e. The third kappa shape index (κ3) is 3.88. The van der Waals surface area contributed by atoms with E-state index >= 15 is 0 Å². The van der Waals surface area contributed by atoms with Crippen LogP contribution in [-0.2, 0) is 7.05 Å². The van der Waals surface area contributed by atoms with Gasteiger partial charge in [-0.15, -0.1) is 0 Å². The Hall–Kier alpha value is -2.80. The Bertz CT molecular complexity index is 981. The van der Waals surface area contributed by atoms with Gasteiger partial charge in [0.15, 0.2) is 5.82 Å². The smallest absolute Gasteiger partial charge is 0.152 e. The summed E-state index contributed by atoms with van der Waals surface area (Å²) in [7, 11) is 1.94. The number of aliphatic imine (C=N–C) groups is 1. The topological polar surface area (TPSA) is 81.1 Å². The minimum absolute atomic E-state index is 0.668. The van der Waals surface area contributed by atoms with Gasteiger partial charge in [-0.05, 0) is 56.5 Å². The number of allylic oxidation sites excluding steroid dienone is 2. The molecule has 6 nitrogen and oxygen atoms in total. The quantitative estimate of drug-likeness (QED) is 0.515. The third-order valence-electron chi connectivity index (χ3n) is 4.18. The van der Waals surface area contributed by atoms with E-state index in [1.54, 1.807) is 0 Å². The van der Waals surface area contributed by atoms with Crippen molar-refractivity contribution < 1.29 is 0 Å². The van der Waals surface area contributed by atoms with Crippen molar-refractivity contribution >= 4 is 40.1 Å². The molecule has 0 unspecified atom stereocenters. The normalized spacial score (nSPS) is 13.0. The van der Waals surface area contributed by atoms with E-state index in [1.165, 1.54) is 11.9 Å². The minimum atomic E-state index is 0.668. The molecule has 3 aromatic rings. The van der Waals surface area contributed by atoms with Crippen molar-refractivity contribution in [2.24, 2.45) is 17.8 Å². The van der Waals surface area contributed by atoms with Gasteiger partial charge in [-0.25, -0.2) is 9.98 Å². The summed E-state index contributed by atoms with van der Waals surface area (Å²) in [6.07, 6.45) is 3.67. The average molecular weight is 366 g/mol.